The molecule has 22 heavy (non-hydrogen) atoms. The zero-order valence-electron chi connectivity index (χ0n) is 12.1. The first-order chi connectivity index (χ1) is 10.6. The molecule has 0 radical (unpaired) electrons. The van der Waals surface area contributed by atoms with Gasteiger partial charge in [-0.25, -0.2) is 0 Å². The molecule has 0 spiro atoms. The SMILES string of the molecule is NC(=O)[C@H]1CC(=O)N(c2ccc(Cc3ccncc3)cc2)C1. The lowest BCUT2D eigenvalue weighted by molar-refractivity contribution is -0.123. The summed E-state index contributed by atoms with van der Waals surface area (Å²) in [6.07, 6.45) is 4.57. The van der Waals surface area contributed by atoms with Gasteiger partial charge in [0, 0.05) is 31.0 Å². The number of nitrogens with two attached hydrogens (primary N) is 1. The van der Waals surface area contributed by atoms with Crippen molar-refractivity contribution in [1.29, 1.82) is 0 Å². The number of aromatic nitrogens is 1. The standard InChI is InChI=1S/C17H17N3O2/c18-17(22)14-10-16(21)20(11-14)15-3-1-12(2-4-15)9-13-5-7-19-8-6-13/h1-8,14H,9-11H2,(H2,18,22)/t14-/m0/s1. The van der Waals surface area contributed by atoms with Gasteiger partial charge in [0.2, 0.25) is 11.8 Å². The van der Waals surface area contributed by atoms with E-state index < -0.39 is 5.91 Å². The molecule has 0 saturated carbocycles. The summed E-state index contributed by atoms with van der Waals surface area (Å²) in [5.41, 5.74) is 8.45. The number of benzene rings is 1. The van der Waals surface area contributed by atoms with Crippen molar-refractivity contribution in [3.63, 3.8) is 0 Å². The van der Waals surface area contributed by atoms with Crippen LogP contribution >= 0.6 is 0 Å². The monoisotopic (exact) mass is 295 g/mol. The van der Waals surface area contributed by atoms with Crippen molar-refractivity contribution in [1.82, 2.24) is 4.98 Å². The van der Waals surface area contributed by atoms with Gasteiger partial charge in [0.15, 0.2) is 0 Å². The highest BCUT2D eigenvalue weighted by Gasteiger charge is 2.33. The van der Waals surface area contributed by atoms with Gasteiger partial charge in [0.25, 0.3) is 0 Å². The molecule has 2 aromatic rings. The maximum absolute atomic E-state index is 12.0. The van der Waals surface area contributed by atoms with Crippen molar-refractivity contribution < 1.29 is 9.59 Å². The Bertz CT molecular complexity index is 683. The Morgan fingerprint density at radius 3 is 2.36 bits per heavy atom. The molecular weight excluding hydrogens is 278 g/mol. The summed E-state index contributed by atoms with van der Waals surface area (Å²) < 4.78 is 0. The molecule has 5 nitrogen and oxygen atoms in total. The first-order valence-electron chi connectivity index (χ1n) is 7.21. The van der Waals surface area contributed by atoms with E-state index in [0.29, 0.717) is 6.54 Å². The molecule has 112 valence electrons. The van der Waals surface area contributed by atoms with Crippen LogP contribution in [0.1, 0.15) is 17.5 Å². The van der Waals surface area contributed by atoms with Crippen molar-refractivity contribution in [2.75, 3.05) is 11.4 Å². The normalized spacial score (nSPS) is 17.7. The number of anilines is 1. The van der Waals surface area contributed by atoms with Crippen LogP contribution in [0.25, 0.3) is 0 Å². The largest absolute Gasteiger partial charge is 0.369 e. The van der Waals surface area contributed by atoms with Crippen molar-refractivity contribution in [2.45, 2.75) is 12.8 Å². The molecule has 1 fully saturated rings. The van der Waals surface area contributed by atoms with E-state index in [1.807, 2.05) is 36.4 Å². The topological polar surface area (TPSA) is 76.3 Å². The molecule has 0 bridgehead atoms. The molecule has 2 N–H and O–H groups in total. The Hall–Kier alpha value is -2.69. The maximum atomic E-state index is 12.0. The van der Waals surface area contributed by atoms with Crippen LogP contribution in [0.2, 0.25) is 0 Å². The number of nitrogens with zero attached hydrogens (tertiary/aromatic N) is 2. The number of amides is 2. The number of carbonyl (C=O) groups excluding carboxylic acids is 2. The molecule has 1 aliphatic rings. The molecule has 2 heterocycles. The number of hydrogen-bond donors (Lipinski definition) is 1. The van der Waals surface area contributed by atoms with E-state index >= 15 is 0 Å². The van der Waals surface area contributed by atoms with Gasteiger partial charge in [-0.2, -0.15) is 0 Å². The van der Waals surface area contributed by atoms with Gasteiger partial charge in [-0.05, 0) is 41.8 Å². The van der Waals surface area contributed by atoms with Crippen molar-refractivity contribution in [3.8, 4) is 0 Å². The van der Waals surface area contributed by atoms with Crippen molar-refractivity contribution in [2.24, 2.45) is 11.7 Å². The van der Waals surface area contributed by atoms with Gasteiger partial charge in [-0.15, -0.1) is 0 Å². The van der Waals surface area contributed by atoms with Crippen LogP contribution < -0.4 is 10.6 Å². The van der Waals surface area contributed by atoms with Crippen molar-refractivity contribution in [3.05, 3.63) is 59.9 Å². The molecule has 3 rings (SSSR count). The number of carbonyl (C=O) groups is 2. The lowest BCUT2D eigenvalue weighted by Crippen LogP contribution is -2.28. The second kappa shape index (κ2) is 5.97. The van der Waals surface area contributed by atoms with Gasteiger partial charge in [-0.3, -0.25) is 14.6 Å². The Labute approximate surface area is 128 Å². The van der Waals surface area contributed by atoms with Crippen LogP contribution in [-0.4, -0.2) is 23.3 Å². The van der Waals surface area contributed by atoms with E-state index in [0.717, 1.165) is 17.7 Å². The van der Waals surface area contributed by atoms with E-state index in [1.54, 1.807) is 17.3 Å². The van der Waals surface area contributed by atoms with Crippen LogP contribution in [0.4, 0.5) is 5.69 Å². The van der Waals surface area contributed by atoms with Crippen LogP contribution in [0.15, 0.2) is 48.8 Å². The lowest BCUT2D eigenvalue weighted by Gasteiger charge is -2.16. The Morgan fingerprint density at radius 1 is 1.14 bits per heavy atom. The minimum Gasteiger partial charge on any atom is -0.369 e. The summed E-state index contributed by atoms with van der Waals surface area (Å²) in [7, 11) is 0. The highest BCUT2D eigenvalue weighted by Crippen LogP contribution is 2.25. The highest BCUT2D eigenvalue weighted by molar-refractivity contribution is 6.00. The summed E-state index contributed by atoms with van der Waals surface area (Å²) in [4.78, 5) is 28.8. The quantitative estimate of drug-likeness (QED) is 0.929. The fourth-order valence-corrected chi connectivity index (χ4v) is 2.68. The van der Waals surface area contributed by atoms with Crippen molar-refractivity contribution >= 4 is 17.5 Å². The summed E-state index contributed by atoms with van der Waals surface area (Å²) >= 11 is 0. The fraction of sp³-hybridized carbons (Fsp3) is 0.235. The van der Waals surface area contributed by atoms with E-state index in [4.69, 9.17) is 5.73 Å². The minimum absolute atomic E-state index is 0.0503. The molecule has 0 unspecified atom stereocenters. The molecular formula is C17H17N3O2. The average Bonchev–Trinajstić information content (AvgIpc) is 2.91. The molecule has 0 aliphatic carbocycles. The Kier molecular flexibility index (Phi) is 3.87. The number of primary amides is 1. The van der Waals surface area contributed by atoms with Crippen LogP contribution in [-0.2, 0) is 16.0 Å². The summed E-state index contributed by atoms with van der Waals surface area (Å²) in [5.74, 6) is -0.847. The van der Waals surface area contributed by atoms with E-state index in [9.17, 15) is 9.59 Å². The van der Waals surface area contributed by atoms with Gasteiger partial charge in [0.05, 0.1) is 5.92 Å². The third-order valence-electron chi connectivity index (χ3n) is 3.93. The molecule has 1 atom stereocenters. The predicted molar refractivity (Wildman–Crippen MR) is 83.1 cm³/mol. The van der Waals surface area contributed by atoms with E-state index in [2.05, 4.69) is 4.98 Å². The molecule has 1 saturated heterocycles. The van der Waals surface area contributed by atoms with Crippen LogP contribution in [0, 0.1) is 5.92 Å². The summed E-state index contributed by atoms with van der Waals surface area (Å²) in [6.45, 7) is 0.373. The average molecular weight is 295 g/mol. The van der Waals surface area contributed by atoms with Crippen LogP contribution in [0.3, 0.4) is 0 Å². The molecule has 5 heteroatoms. The number of hydrogen-bond acceptors (Lipinski definition) is 3. The summed E-state index contributed by atoms with van der Waals surface area (Å²) in [6, 6.07) is 11.8. The maximum Gasteiger partial charge on any atom is 0.227 e. The van der Waals surface area contributed by atoms with Gasteiger partial charge < -0.3 is 10.6 Å². The van der Waals surface area contributed by atoms with Gasteiger partial charge in [0.1, 0.15) is 0 Å². The molecule has 1 aromatic carbocycles. The first-order valence-corrected chi connectivity index (χ1v) is 7.21. The van der Waals surface area contributed by atoms with E-state index in [-0.39, 0.29) is 18.2 Å². The zero-order chi connectivity index (χ0) is 15.5. The van der Waals surface area contributed by atoms with Gasteiger partial charge >= 0.3 is 0 Å². The second-order valence-electron chi connectivity index (χ2n) is 5.51. The fourth-order valence-electron chi connectivity index (χ4n) is 2.68. The Balaban J connectivity index is 1.72. The lowest BCUT2D eigenvalue weighted by atomic mass is 10.1. The van der Waals surface area contributed by atoms with E-state index in [1.165, 1.54) is 5.56 Å². The molecule has 2 amide bonds. The molecule has 1 aliphatic heterocycles. The molecule has 1 aromatic heterocycles. The zero-order valence-corrected chi connectivity index (χ0v) is 12.1. The van der Waals surface area contributed by atoms with Crippen LogP contribution in [0.5, 0.6) is 0 Å². The van der Waals surface area contributed by atoms with Gasteiger partial charge in [-0.1, -0.05) is 12.1 Å². The Morgan fingerprint density at radius 2 is 1.77 bits per heavy atom. The second-order valence-corrected chi connectivity index (χ2v) is 5.51. The third-order valence-corrected chi connectivity index (χ3v) is 3.93. The third kappa shape index (κ3) is 2.98. The smallest absolute Gasteiger partial charge is 0.227 e. The summed E-state index contributed by atoms with van der Waals surface area (Å²) in [5, 5.41) is 0. The predicted octanol–water partition coefficient (Wildman–Crippen LogP) is 1.51. The highest BCUT2D eigenvalue weighted by atomic mass is 16.2. The first kappa shape index (κ1) is 14.3. The minimum atomic E-state index is -0.412. The number of rotatable bonds is 4. The number of pyridine rings is 1.